The van der Waals surface area contributed by atoms with Crippen LogP contribution in [-0.4, -0.2) is 64.7 Å². The van der Waals surface area contributed by atoms with Crippen molar-refractivity contribution in [3.8, 4) is 0 Å². The molecule has 6 N–H and O–H groups in total. The molecule has 0 aliphatic rings. The third kappa shape index (κ3) is 7.10. The molecule has 22 heavy (non-hydrogen) atoms. The molecule has 0 saturated carbocycles. The van der Waals surface area contributed by atoms with Gasteiger partial charge in [0, 0.05) is 0 Å². The average molecular weight is 335 g/mol. The Labute approximate surface area is 134 Å². The van der Waals surface area contributed by atoms with E-state index in [1.54, 1.807) is 13.8 Å². The Kier molecular flexibility index (Phi) is 9.79. The molecule has 0 radical (unpaired) electrons. The lowest BCUT2D eigenvalue weighted by Gasteiger charge is -2.24. The zero-order valence-corrected chi connectivity index (χ0v) is 13.9. The molecule has 0 saturated heterocycles. The van der Waals surface area contributed by atoms with Crippen LogP contribution in [0.4, 0.5) is 0 Å². The van der Waals surface area contributed by atoms with Gasteiger partial charge < -0.3 is 26.6 Å². The zero-order valence-electron chi connectivity index (χ0n) is 13.0. The van der Waals surface area contributed by atoms with Gasteiger partial charge in [-0.2, -0.15) is 11.8 Å². The molecule has 0 fully saturated rings. The molecule has 3 atom stereocenters. The van der Waals surface area contributed by atoms with Crippen molar-refractivity contribution < 1.29 is 24.6 Å². The fourth-order valence-corrected chi connectivity index (χ4v) is 2.11. The number of aliphatic hydroxyl groups is 1. The molecule has 0 rings (SSSR count). The minimum absolute atomic E-state index is 0.293. The molecule has 0 aliphatic carbocycles. The van der Waals surface area contributed by atoms with E-state index in [9.17, 15) is 14.4 Å². The van der Waals surface area contributed by atoms with Crippen LogP contribution in [0.3, 0.4) is 0 Å². The second kappa shape index (κ2) is 10.4. The molecule has 0 aromatic heterocycles. The number of carbonyl (C=O) groups is 3. The molecular weight excluding hydrogens is 310 g/mol. The maximum Gasteiger partial charge on any atom is 0.326 e. The van der Waals surface area contributed by atoms with E-state index in [1.165, 1.54) is 11.8 Å². The van der Waals surface area contributed by atoms with E-state index in [-0.39, 0.29) is 5.92 Å². The number of rotatable bonds is 10. The fourth-order valence-electron chi connectivity index (χ4n) is 1.63. The first-order valence-electron chi connectivity index (χ1n) is 6.93. The summed E-state index contributed by atoms with van der Waals surface area (Å²) in [6, 6.07) is -3.05. The van der Waals surface area contributed by atoms with E-state index in [0.717, 1.165) is 0 Å². The summed E-state index contributed by atoms with van der Waals surface area (Å²) in [7, 11) is 0. The monoisotopic (exact) mass is 335 g/mol. The number of amides is 2. The van der Waals surface area contributed by atoms with Gasteiger partial charge >= 0.3 is 5.97 Å². The lowest BCUT2D eigenvalue weighted by Crippen LogP contribution is -2.56. The Morgan fingerprint density at radius 3 is 2.18 bits per heavy atom. The Bertz CT molecular complexity index is 392. The zero-order chi connectivity index (χ0) is 17.3. The largest absolute Gasteiger partial charge is 0.480 e. The maximum atomic E-state index is 12.2. The van der Waals surface area contributed by atoms with Crippen molar-refractivity contribution >= 4 is 29.5 Å². The predicted octanol–water partition coefficient (Wildman–Crippen LogP) is -1.23. The molecule has 128 valence electrons. The normalized spacial score (nSPS) is 15.0. The SMILES string of the molecule is CSCCC(NC(=O)C(N)CO)C(=O)NC(C(=O)O)C(C)C. The summed E-state index contributed by atoms with van der Waals surface area (Å²) in [6.07, 6.45) is 2.19. The van der Waals surface area contributed by atoms with Crippen LogP contribution in [0, 0.1) is 5.92 Å². The maximum absolute atomic E-state index is 12.2. The Morgan fingerprint density at radius 2 is 1.77 bits per heavy atom. The van der Waals surface area contributed by atoms with Gasteiger partial charge in [-0.1, -0.05) is 13.8 Å². The topological polar surface area (TPSA) is 142 Å². The van der Waals surface area contributed by atoms with E-state index in [2.05, 4.69) is 10.6 Å². The van der Waals surface area contributed by atoms with E-state index in [4.69, 9.17) is 15.9 Å². The number of carbonyl (C=O) groups excluding carboxylic acids is 2. The summed E-state index contributed by atoms with van der Waals surface area (Å²) in [5.74, 6) is -2.05. The van der Waals surface area contributed by atoms with Crippen molar-refractivity contribution in [1.29, 1.82) is 0 Å². The van der Waals surface area contributed by atoms with Gasteiger partial charge in [0.1, 0.15) is 18.1 Å². The van der Waals surface area contributed by atoms with E-state index >= 15 is 0 Å². The first-order valence-corrected chi connectivity index (χ1v) is 8.32. The Morgan fingerprint density at radius 1 is 1.18 bits per heavy atom. The summed E-state index contributed by atoms with van der Waals surface area (Å²) in [6.45, 7) is 2.82. The molecule has 9 heteroatoms. The summed E-state index contributed by atoms with van der Waals surface area (Å²) in [5.41, 5.74) is 5.40. The molecule has 2 amide bonds. The number of hydrogen-bond acceptors (Lipinski definition) is 6. The first-order chi connectivity index (χ1) is 10.2. The minimum Gasteiger partial charge on any atom is -0.480 e. The number of aliphatic carboxylic acids is 1. The quantitative estimate of drug-likeness (QED) is 0.336. The number of carboxylic acids is 1. The molecule has 0 spiro atoms. The van der Waals surface area contributed by atoms with Gasteiger partial charge in [0.15, 0.2) is 0 Å². The van der Waals surface area contributed by atoms with Gasteiger partial charge in [-0.05, 0) is 24.3 Å². The highest BCUT2D eigenvalue weighted by atomic mass is 32.2. The van der Waals surface area contributed by atoms with Crippen molar-refractivity contribution in [3.63, 3.8) is 0 Å². The van der Waals surface area contributed by atoms with Crippen LogP contribution in [-0.2, 0) is 14.4 Å². The van der Waals surface area contributed by atoms with Crippen molar-refractivity contribution in [1.82, 2.24) is 10.6 Å². The average Bonchev–Trinajstić information content (AvgIpc) is 2.46. The lowest BCUT2D eigenvalue weighted by molar-refractivity contribution is -0.143. The van der Waals surface area contributed by atoms with Crippen LogP contribution < -0.4 is 16.4 Å². The van der Waals surface area contributed by atoms with Crippen LogP contribution in [0.5, 0.6) is 0 Å². The van der Waals surface area contributed by atoms with Crippen molar-refractivity contribution in [3.05, 3.63) is 0 Å². The number of thioether (sulfide) groups is 1. The van der Waals surface area contributed by atoms with Crippen LogP contribution in [0.15, 0.2) is 0 Å². The highest BCUT2D eigenvalue weighted by molar-refractivity contribution is 7.98. The second-order valence-corrected chi connectivity index (χ2v) is 6.19. The van der Waals surface area contributed by atoms with E-state index in [1.807, 2.05) is 6.26 Å². The van der Waals surface area contributed by atoms with Gasteiger partial charge in [-0.25, -0.2) is 4.79 Å². The summed E-state index contributed by atoms with van der Waals surface area (Å²) >= 11 is 1.49. The van der Waals surface area contributed by atoms with Gasteiger partial charge in [-0.3, -0.25) is 9.59 Å². The van der Waals surface area contributed by atoms with Crippen molar-refractivity contribution in [2.24, 2.45) is 11.7 Å². The molecule has 0 heterocycles. The third-order valence-electron chi connectivity index (χ3n) is 3.01. The number of carboxylic acid groups (broad SMARTS) is 1. The predicted molar refractivity (Wildman–Crippen MR) is 84.4 cm³/mol. The number of nitrogens with one attached hydrogen (secondary N) is 2. The number of nitrogens with two attached hydrogens (primary N) is 1. The van der Waals surface area contributed by atoms with Crippen LogP contribution in [0.25, 0.3) is 0 Å². The molecule has 0 aliphatic heterocycles. The van der Waals surface area contributed by atoms with E-state index < -0.39 is 42.5 Å². The first kappa shape index (κ1) is 20.7. The Hall–Kier alpha value is -1.32. The van der Waals surface area contributed by atoms with Crippen molar-refractivity contribution in [2.75, 3.05) is 18.6 Å². The van der Waals surface area contributed by atoms with Crippen molar-refractivity contribution in [2.45, 2.75) is 38.4 Å². The van der Waals surface area contributed by atoms with E-state index in [0.29, 0.717) is 12.2 Å². The van der Waals surface area contributed by atoms with Gasteiger partial charge in [0.25, 0.3) is 0 Å². The van der Waals surface area contributed by atoms with Gasteiger partial charge in [-0.15, -0.1) is 0 Å². The van der Waals surface area contributed by atoms with Crippen LogP contribution >= 0.6 is 11.8 Å². The third-order valence-corrected chi connectivity index (χ3v) is 3.65. The molecule has 3 unspecified atom stereocenters. The molecule has 0 bridgehead atoms. The fraction of sp³-hybridized carbons (Fsp3) is 0.769. The Balaban J connectivity index is 4.89. The summed E-state index contributed by atoms with van der Waals surface area (Å²) in [4.78, 5) is 35.1. The molecule has 8 nitrogen and oxygen atoms in total. The molecule has 0 aromatic carbocycles. The molecular formula is C13H25N3O5S. The number of hydrogen-bond donors (Lipinski definition) is 5. The molecule has 0 aromatic rings. The van der Waals surface area contributed by atoms with Crippen LogP contribution in [0.1, 0.15) is 20.3 Å². The second-order valence-electron chi connectivity index (χ2n) is 5.20. The van der Waals surface area contributed by atoms with Gasteiger partial charge in [0.05, 0.1) is 6.61 Å². The minimum atomic E-state index is -1.13. The standard InChI is InChI=1S/C13H25N3O5S/c1-7(2)10(13(20)21)16-12(19)9(4-5-22-3)15-11(18)8(14)6-17/h7-10,17H,4-6,14H2,1-3H3,(H,15,18)(H,16,19)(H,20,21). The van der Waals surface area contributed by atoms with Crippen LogP contribution in [0.2, 0.25) is 0 Å². The highest BCUT2D eigenvalue weighted by Gasteiger charge is 2.29. The number of aliphatic hydroxyl groups excluding tert-OH is 1. The lowest BCUT2D eigenvalue weighted by atomic mass is 10.0. The summed E-state index contributed by atoms with van der Waals surface area (Å²) < 4.78 is 0. The highest BCUT2D eigenvalue weighted by Crippen LogP contribution is 2.05. The summed E-state index contributed by atoms with van der Waals surface area (Å²) in [5, 5.41) is 22.8. The van der Waals surface area contributed by atoms with Gasteiger partial charge in [0.2, 0.25) is 11.8 Å². The smallest absolute Gasteiger partial charge is 0.326 e.